The lowest BCUT2D eigenvalue weighted by Gasteiger charge is -2.14. The minimum atomic E-state index is -0.287. The van der Waals surface area contributed by atoms with Crippen LogP contribution in [0.5, 0.6) is 5.75 Å². The summed E-state index contributed by atoms with van der Waals surface area (Å²) >= 11 is 5.62. The Balaban J connectivity index is 1.62. The van der Waals surface area contributed by atoms with Crippen LogP contribution in [0.3, 0.4) is 0 Å². The van der Waals surface area contributed by atoms with E-state index in [2.05, 4.69) is 50.5 Å². The Hall–Kier alpha value is -2.59. The van der Waals surface area contributed by atoms with E-state index in [9.17, 15) is 9.18 Å². The zero-order valence-corrected chi connectivity index (χ0v) is 22.4. The van der Waals surface area contributed by atoms with Crippen molar-refractivity contribution in [2.75, 3.05) is 0 Å². The number of ether oxygens (including phenoxy) is 1. The van der Waals surface area contributed by atoms with E-state index in [4.69, 9.17) is 9.72 Å². The van der Waals surface area contributed by atoms with Gasteiger partial charge in [-0.15, -0.1) is 0 Å². The summed E-state index contributed by atoms with van der Waals surface area (Å²) in [6.45, 7) is 4.36. The van der Waals surface area contributed by atoms with Crippen LogP contribution in [0, 0.1) is 9.39 Å². The number of fused-ring (bicyclic) bond motifs is 1. The molecule has 0 fully saturated rings. The van der Waals surface area contributed by atoms with Crippen molar-refractivity contribution in [3.63, 3.8) is 0 Å². The maximum absolute atomic E-state index is 13.4. The second-order valence-electron chi connectivity index (χ2n) is 7.91. The van der Waals surface area contributed by atoms with E-state index in [0.29, 0.717) is 22.5 Å². The van der Waals surface area contributed by atoms with Crippen LogP contribution < -0.4 is 10.3 Å². The highest BCUT2D eigenvalue weighted by Gasteiger charge is 2.15. The molecule has 0 saturated carbocycles. The minimum Gasteiger partial charge on any atom is -0.488 e. The molecule has 1 aromatic heterocycles. The Kier molecular flexibility index (Phi) is 7.77. The van der Waals surface area contributed by atoms with Crippen molar-refractivity contribution >= 4 is 55.6 Å². The van der Waals surface area contributed by atoms with Gasteiger partial charge in [0.05, 0.1) is 20.7 Å². The van der Waals surface area contributed by atoms with Crippen LogP contribution in [0.2, 0.25) is 0 Å². The molecule has 0 aliphatic carbocycles. The largest absolute Gasteiger partial charge is 0.488 e. The second kappa shape index (κ2) is 10.8. The third-order valence-corrected chi connectivity index (χ3v) is 6.78. The van der Waals surface area contributed by atoms with Crippen LogP contribution in [-0.4, -0.2) is 15.9 Å². The second-order valence-corrected chi connectivity index (χ2v) is 9.99. The first-order valence-electron chi connectivity index (χ1n) is 10.8. The first-order chi connectivity index (χ1) is 16.4. The lowest BCUT2D eigenvalue weighted by Crippen LogP contribution is -2.23. The fraction of sp³-hybridized carbons (Fsp3) is 0.192. The van der Waals surface area contributed by atoms with Crippen molar-refractivity contribution in [2.24, 2.45) is 5.10 Å². The first kappa shape index (κ1) is 24.5. The van der Waals surface area contributed by atoms with Crippen molar-refractivity contribution in [3.8, 4) is 5.75 Å². The van der Waals surface area contributed by atoms with Gasteiger partial charge in [-0.05, 0) is 88.7 Å². The molecule has 1 heterocycles. The summed E-state index contributed by atoms with van der Waals surface area (Å²) in [6.07, 6.45) is 2.48. The van der Waals surface area contributed by atoms with Gasteiger partial charge < -0.3 is 4.74 Å². The van der Waals surface area contributed by atoms with E-state index in [1.165, 1.54) is 16.8 Å². The van der Waals surface area contributed by atoms with Crippen LogP contribution in [0.4, 0.5) is 4.39 Å². The number of aromatic nitrogens is 2. The predicted molar refractivity (Wildman–Crippen MR) is 145 cm³/mol. The normalized spacial score (nSPS) is 12.4. The van der Waals surface area contributed by atoms with E-state index in [1.54, 1.807) is 18.3 Å². The molecular formula is C26H22BrFIN3O2. The molecule has 5 nitrogen and oxygen atoms in total. The van der Waals surface area contributed by atoms with Crippen LogP contribution in [0.1, 0.15) is 43.1 Å². The lowest BCUT2D eigenvalue weighted by molar-refractivity contribution is 0.303. The summed E-state index contributed by atoms with van der Waals surface area (Å²) in [4.78, 5) is 18.0. The topological polar surface area (TPSA) is 56.5 Å². The molecule has 0 N–H and O–H groups in total. The molecule has 8 heteroatoms. The first-order valence-corrected chi connectivity index (χ1v) is 12.7. The molecule has 0 radical (unpaired) electrons. The average Bonchev–Trinajstić information content (AvgIpc) is 2.82. The van der Waals surface area contributed by atoms with Crippen LogP contribution in [-0.2, 0) is 6.61 Å². The summed E-state index contributed by atoms with van der Waals surface area (Å²) in [5.41, 5.74) is 2.03. The Bertz CT molecular complexity index is 1440. The van der Waals surface area contributed by atoms with Gasteiger partial charge in [0.2, 0.25) is 0 Å². The highest BCUT2D eigenvalue weighted by molar-refractivity contribution is 14.1. The van der Waals surface area contributed by atoms with Crippen molar-refractivity contribution in [2.45, 2.75) is 32.8 Å². The van der Waals surface area contributed by atoms with Gasteiger partial charge in [-0.1, -0.05) is 41.9 Å². The SMILES string of the molecule is CC[C@@H](C)c1nc2ccc(Br)cc2c(=O)n1N=Cc1ccc(OCc2cccc(F)c2)c(I)c1. The smallest absolute Gasteiger partial charge is 0.282 e. The molecule has 4 rings (SSSR count). The molecule has 0 unspecified atom stereocenters. The summed E-state index contributed by atoms with van der Waals surface area (Å²) in [5, 5.41) is 5.02. The van der Waals surface area contributed by atoms with Gasteiger partial charge >= 0.3 is 0 Å². The summed E-state index contributed by atoms with van der Waals surface area (Å²) < 4.78 is 22.3. The van der Waals surface area contributed by atoms with Crippen molar-refractivity contribution in [3.05, 3.63) is 102 Å². The molecule has 0 aliphatic rings. The molecule has 3 aromatic carbocycles. The maximum atomic E-state index is 13.4. The molecule has 0 spiro atoms. The van der Waals surface area contributed by atoms with Crippen molar-refractivity contribution in [1.29, 1.82) is 0 Å². The Labute approximate surface area is 219 Å². The van der Waals surface area contributed by atoms with Crippen molar-refractivity contribution in [1.82, 2.24) is 9.66 Å². The number of hydrogen-bond acceptors (Lipinski definition) is 4. The van der Waals surface area contributed by atoms with Crippen LogP contribution >= 0.6 is 38.5 Å². The molecule has 0 amide bonds. The van der Waals surface area contributed by atoms with Gasteiger partial charge in [0.1, 0.15) is 24.0 Å². The van der Waals surface area contributed by atoms with Crippen LogP contribution in [0.25, 0.3) is 10.9 Å². The Morgan fingerprint density at radius 2 is 2.03 bits per heavy atom. The maximum Gasteiger partial charge on any atom is 0.282 e. The molecule has 34 heavy (non-hydrogen) atoms. The van der Waals surface area contributed by atoms with Crippen LogP contribution in [0.15, 0.2) is 75.0 Å². The molecule has 0 saturated heterocycles. The van der Waals surface area contributed by atoms with E-state index in [0.717, 1.165) is 25.6 Å². The fourth-order valence-corrected chi connectivity index (χ4v) is 4.46. The third-order valence-electron chi connectivity index (χ3n) is 5.45. The zero-order chi connectivity index (χ0) is 24.2. The Morgan fingerprint density at radius 1 is 1.21 bits per heavy atom. The van der Waals surface area contributed by atoms with E-state index in [-0.39, 0.29) is 23.9 Å². The van der Waals surface area contributed by atoms with Gasteiger partial charge in [-0.2, -0.15) is 9.78 Å². The summed E-state index contributed by atoms with van der Waals surface area (Å²) in [6, 6.07) is 17.5. The van der Waals surface area contributed by atoms with Gasteiger partial charge in [0.15, 0.2) is 0 Å². The quantitative estimate of drug-likeness (QED) is 0.165. The molecule has 4 aromatic rings. The van der Waals surface area contributed by atoms with Gasteiger partial charge in [-0.3, -0.25) is 4.79 Å². The number of nitrogens with zero attached hydrogens (tertiary/aromatic N) is 3. The summed E-state index contributed by atoms with van der Waals surface area (Å²) in [7, 11) is 0. The molecule has 0 aliphatic heterocycles. The monoisotopic (exact) mass is 633 g/mol. The minimum absolute atomic E-state index is 0.0663. The van der Waals surface area contributed by atoms with Crippen molar-refractivity contribution < 1.29 is 9.13 Å². The standard InChI is InChI=1S/C26H22BrFIN3O2/c1-3-16(2)25-31-23-9-8-19(27)13-21(23)26(33)32(25)30-14-17-7-10-24(22(29)12-17)34-15-18-5-4-6-20(28)11-18/h4-14,16H,3,15H2,1-2H3/t16-/m1/s1. The Morgan fingerprint density at radius 3 is 2.76 bits per heavy atom. The molecule has 174 valence electrons. The number of rotatable bonds is 7. The lowest BCUT2D eigenvalue weighted by atomic mass is 10.1. The third kappa shape index (κ3) is 5.55. The number of benzene rings is 3. The van der Waals surface area contributed by atoms with E-state index >= 15 is 0 Å². The summed E-state index contributed by atoms with van der Waals surface area (Å²) in [5.74, 6) is 1.10. The number of halogens is 3. The average molecular weight is 634 g/mol. The zero-order valence-electron chi connectivity index (χ0n) is 18.6. The predicted octanol–water partition coefficient (Wildman–Crippen LogP) is 6.88. The fourth-order valence-electron chi connectivity index (χ4n) is 3.41. The van der Waals surface area contributed by atoms with E-state index in [1.807, 2.05) is 43.3 Å². The van der Waals surface area contributed by atoms with E-state index < -0.39 is 0 Å². The van der Waals surface area contributed by atoms with Gasteiger partial charge in [0.25, 0.3) is 5.56 Å². The molecular weight excluding hydrogens is 612 g/mol. The number of hydrogen-bond donors (Lipinski definition) is 0. The highest BCUT2D eigenvalue weighted by atomic mass is 127. The molecule has 0 bridgehead atoms. The molecule has 1 atom stereocenters. The van der Waals surface area contributed by atoms with Gasteiger partial charge in [0, 0.05) is 10.4 Å². The van der Waals surface area contributed by atoms with Gasteiger partial charge in [-0.25, -0.2) is 9.37 Å². The highest BCUT2D eigenvalue weighted by Crippen LogP contribution is 2.24.